The highest BCUT2D eigenvalue weighted by molar-refractivity contribution is 5.89. The van der Waals surface area contributed by atoms with Crippen LogP contribution in [0, 0.1) is 11.6 Å². The maximum absolute atomic E-state index is 14.5. The Morgan fingerprint density at radius 2 is 1.97 bits per heavy atom. The van der Waals surface area contributed by atoms with Gasteiger partial charge < -0.3 is 15.0 Å². The van der Waals surface area contributed by atoms with Crippen molar-refractivity contribution in [3.63, 3.8) is 0 Å². The van der Waals surface area contributed by atoms with E-state index >= 15 is 0 Å². The van der Waals surface area contributed by atoms with Crippen molar-refractivity contribution in [3.8, 4) is 17.0 Å². The van der Waals surface area contributed by atoms with Gasteiger partial charge >= 0.3 is 0 Å². The van der Waals surface area contributed by atoms with Gasteiger partial charge in [-0.05, 0) is 55.3 Å². The van der Waals surface area contributed by atoms with Crippen LogP contribution in [0.15, 0.2) is 60.9 Å². The van der Waals surface area contributed by atoms with Crippen LogP contribution in [0.3, 0.4) is 0 Å². The number of hydrogen-bond donors (Lipinski definition) is 2. The number of phenolic OH excluding ortho intramolecular Hbond substituents is 1. The molecule has 0 amide bonds. The van der Waals surface area contributed by atoms with E-state index in [1.165, 1.54) is 12.1 Å². The summed E-state index contributed by atoms with van der Waals surface area (Å²) in [6.45, 7) is 0.707. The molecule has 1 atom stereocenters. The van der Waals surface area contributed by atoms with Crippen molar-refractivity contribution < 1.29 is 13.9 Å². The number of halogens is 2. The van der Waals surface area contributed by atoms with Crippen LogP contribution in [0.2, 0.25) is 0 Å². The number of aromatic nitrogens is 4. The smallest absolute Gasteiger partial charge is 0.166 e. The van der Waals surface area contributed by atoms with Gasteiger partial charge in [0.25, 0.3) is 0 Å². The van der Waals surface area contributed by atoms with E-state index < -0.39 is 11.6 Å². The molecule has 2 aromatic carbocycles. The van der Waals surface area contributed by atoms with Gasteiger partial charge in [0, 0.05) is 35.3 Å². The number of H-pyrrole nitrogens is 1. The zero-order valence-corrected chi connectivity index (χ0v) is 17.0. The summed E-state index contributed by atoms with van der Waals surface area (Å²) >= 11 is 0. The lowest BCUT2D eigenvalue weighted by molar-refractivity contribution is 0.476. The Labute approximate surface area is 181 Å². The summed E-state index contributed by atoms with van der Waals surface area (Å²) in [6, 6.07) is 12.3. The fourth-order valence-electron chi connectivity index (χ4n) is 4.60. The second-order valence-corrected chi connectivity index (χ2v) is 8.08. The molecule has 1 fully saturated rings. The molecule has 0 spiro atoms. The third-order valence-corrected chi connectivity index (χ3v) is 6.11. The van der Waals surface area contributed by atoms with Gasteiger partial charge in [0.05, 0.1) is 23.5 Å². The minimum atomic E-state index is -0.445. The molecule has 4 heterocycles. The molecule has 0 unspecified atom stereocenters. The van der Waals surface area contributed by atoms with Gasteiger partial charge in [-0.2, -0.15) is 5.10 Å². The zero-order valence-electron chi connectivity index (χ0n) is 17.0. The number of rotatable bonds is 3. The molecule has 0 saturated carbocycles. The van der Waals surface area contributed by atoms with Crippen LogP contribution in [0.5, 0.6) is 5.75 Å². The lowest BCUT2D eigenvalue weighted by Gasteiger charge is -2.26. The van der Waals surface area contributed by atoms with E-state index in [0.717, 1.165) is 41.1 Å². The SMILES string of the molecule is Oc1ccc2cc(-c3cnn4ccc(N5CCC[C@@H]5c5cc(F)ccc5F)nc34)[nH]c2c1. The Morgan fingerprint density at radius 1 is 1.06 bits per heavy atom. The van der Waals surface area contributed by atoms with Gasteiger partial charge in [-0.1, -0.05) is 0 Å². The molecule has 6 nitrogen and oxygen atoms in total. The normalized spacial score (nSPS) is 16.4. The Bertz CT molecular complexity index is 1470. The number of fused-ring (bicyclic) bond motifs is 2. The molecule has 160 valence electrons. The fourth-order valence-corrected chi connectivity index (χ4v) is 4.60. The molecule has 0 aliphatic carbocycles. The van der Waals surface area contributed by atoms with Crippen LogP contribution in [0.1, 0.15) is 24.4 Å². The van der Waals surface area contributed by atoms with Crippen LogP contribution in [-0.4, -0.2) is 31.2 Å². The van der Waals surface area contributed by atoms with Crippen molar-refractivity contribution in [1.82, 2.24) is 19.6 Å². The van der Waals surface area contributed by atoms with Crippen molar-refractivity contribution in [3.05, 3.63) is 78.1 Å². The number of hydrogen-bond acceptors (Lipinski definition) is 4. The lowest BCUT2D eigenvalue weighted by atomic mass is 10.0. The molecule has 0 radical (unpaired) electrons. The van der Waals surface area contributed by atoms with Gasteiger partial charge in [0.2, 0.25) is 0 Å². The summed E-state index contributed by atoms with van der Waals surface area (Å²) in [5.41, 5.74) is 3.48. The highest BCUT2D eigenvalue weighted by atomic mass is 19.1. The molecule has 6 rings (SSSR count). The van der Waals surface area contributed by atoms with Crippen molar-refractivity contribution >= 4 is 22.4 Å². The third-order valence-electron chi connectivity index (χ3n) is 6.11. The Balaban J connectivity index is 1.43. The number of aromatic hydroxyl groups is 1. The van der Waals surface area contributed by atoms with E-state index in [1.54, 1.807) is 22.8 Å². The monoisotopic (exact) mass is 431 g/mol. The summed E-state index contributed by atoms with van der Waals surface area (Å²) < 4.78 is 30.0. The summed E-state index contributed by atoms with van der Waals surface area (Å²) in [7, 11) is 0. The van der Waals surface area contributed by atoms with Crippen molar-refractivity contribution in [2.45, 2.75) is 18.9 Å². The Morgan fingerprint density at radius 3 is 2.88 bits per heavy atom. The average molecular weight is 431 g/mol. The zero-order chi connectivity index (χ0) is 21.8. The molecule has 8 heteroatoms. The molecule has 32 heavy (non-hydrogen) atoms. The van der Waals surface area contributed by atoms with Crippen LogP contribution in [-0.2, 0) is 0 Å². The van der Waals surface area contributed by atoms with Crippen molar-refractivity contribution in [1.29, 1.82) is 0 Å². The highest BCUT2D eigenvalue weighted by Crippen LogP contribution is 2.37. The molecule has 1 aliphatic heterocycles. The predicted molar refractivity (Wildman–Crippen MR) is 118 cm³/mol. The molecule has 5 aromatic rings. The first kappa shape index (κ1) is 18.8. The molecule has 3 aromatic heterocycles. The van der Waals surface area contributed by atoms with Gasteiger partial charge in [-0.25, -0.2) is 18.3 Å². The van der Waals surface area contributed by atoms with E-state index in [9.17, 15) is 13.9 Å². The van der Waals surface area contributed by atoms with Crippen molar-refractivity contribution in [2.24, 2.45) is 0 Å². The second-order valence-electron chi connectivity index (χ2n) is 8.08. The second kappa shape index (κ2) is 7.05. The maximum atomic E-state index is 14.5. The first-order valence-electron chi connectivity index (χ1n) is 10.4. The van der Waals surface area contributed by atoms with E-state index in [1.807, 2.05) is 29.3 Å². The average Bonchev–Trinajstić information content (AvgIpc) is 3.52. The number of nitrogens with zero attached hydrogens (tertiary/aromatic N) is 4. The quantitative estimate of drug-likeness (QED) is 0.412. The molecule has 2 N–H and O–H groups in total. The molecular weight excluding hydrogens is 412 g/mol. The highest BCUT2D eigenvalue weighted by Gasteiger charge is 2.30. The van der Waals surface area contributed by atoms with E-state index in [-0.39, 0.29) is 11.8 Å². The van der Waals surface area contributed by atoms with E-state index in [0.29, 0.717) is 23.6 Å². The first-order chi connectivity index (χ1) is 15.6. The Hall–Kier alpha value is -3.94. The largest absolute Gasteiger partial charge is 0.508 e. The number of benzene rings is 2. The fraction of sp³-hybridized carbons (Fsp3) is 0.167. The minimum absolute atomic E-state index is 0.191. The lowest BCUT2D eigenvalue weighted by Crippen LogP contribution is -2.24. The van der Waals surface area contributed by atoms with Gasteiger partial charge in [0.15, 0.2) is 5.65 Å². The van der Waals surface area contributed by atoms with Gasteiger partial charge in [-0.15, -0.1) is 0 Å². The van der Waals surface area contributed by atoms with Crippen LogP contribution >= 0.6 is 0 Å². The summed E-state index contributed by atoms with van der Waals surface area (Å²) in [6.07, 6.45) is 5.16. The predicted octanol–water partition coefficient (Wildman–Crippen LogP) is 5.20. The van der Waals surface area contributed by atoms with Crippen molar-refractivity contribution in [2.75, 3.05) is 11.4 Å². The van der Waals surface area contributed by atoms with Gasteiger partial charge in [0.1, 0.15) is 23.2 Å². The minimum Gasteiger partial charge on any atom is -0.508 e. The molecular formula is C24H19F2N5O. The van der Waals surface area contributed by atoms with E-state index in [4.69, 9.17) is 4.98 Å². The summed E-state index contributed by atoms with van der Waals surface area (Å²) in [5, 5.41) is 15.1. The Kier molecular flexibility index (Phi) is 4.14. The van der Waals surface area contributed by atoms with E-state index in [2.05, 4.69) is 10.1 Å². The topological polar surface area (TPSA) is 69.5 Å². The van der Waals surface area contributed by atoms with Gasteiger partial charge in [-0.3, -0.25) is 0 Å². The first-order valence-corrected chi connectivity index (χ1v) is 10.4. The van der Waals surface area contributed by atoms with Crippen LogP contribution < -0.4 is 4.90 Å². The van der Waals surface area contributed by atoms with Crippen LogP contribution in [0.4, 0.5) is 14.6 Å². The number of aromatic amines is 1. The number of anilines is 1. The number of nitrogens with one attached hydrogen (secondary N) is 1. The third kappa shape index (κ3) is 2.98. The number of phenols is 1. The summed E-state index contributed by atoms with van der Waals surface area (Å²) in [5.74, 6) is 0.0327. The molecule has 0 bridgehead atoms. The molecule has 1 saturated heterocycles. The summed E-state index contributed by atoms with van der Waals surface area (Å²) in [4.78, 5) is 10.2. The standard InChI is InChI=1S/C24H19F2N5O/c25-15-4-6-19(26)17(11-15)22-2-1-8-30(22)23-7-9-31-24(29-23)18(13-27-31)21-10-14-3-5-16(32)12-20(14)28-21/h3-7,9-13,22,28,32H,1-2,8H2/t22-/m1/s1. The molecule has 1 aliphatic rings. The van der Waals surface area contributed by atoms with Crippen LogP contribution in [0.25, 0.3) is 27.8 Å². The maximum Gasteiger partial charge on any atom is 0.166 e.